The fourth-order valence-electron chi connectivity index (χ4n) is 1.39. The lowest BCUT2D eigenvalue weighted by Gasteiger charge is -2.28. The maximum Gasteiger partial charge on any atom is 0.292 e. The largest absolute Gasteiger partial charge is 0.374 e. The zero-order valence-electron chi connectivity index (χ0n) is 7.87. The summed E-state index contributed by atoms with van der Waals surface area (Å²) in [4.78, 5) is 10.4. The number of nitrogens with zero attached hydrogens (tertiary/aromatic N) is 1. The molecule has 1 saturated heterocycles. The Labute approximate surface area is 95.1 Å². The maximum atomic E-state index is 10.8. The third-order valence-electron chi connectivity index (χ3n) is 2.30. The van der Waals surface area contributed by atoms with Gasteiger partial charge in [-0.1, -0.05) is 15.9 Å². The van der Waals surface area contributed by atoms with Crippen LogP contribution >= 0.6 is 15.9 Å². The highest BCUT2D eigenvalue weighted by Gasteiger charge is 2.21. The van der Waals surface area contributed by atoms with Crippen LogP contribution in [0.5, 0.6) is 0 Å². The minimum Gasteiger partial charge on any atom is -0.374 e. The van der Waals surface area contributed by atoms with Crippen molar-refractivity contribution in [2.75, 3.05) is 18.4 Å². The summed E-state index contributed by atoms with van der Waals surface area (Å²) in [5, 5.41) is 17.0. The Bertz CT molecular complexity index is 393. The van der Waals surface area contributed by atoms with Crippen LogP contribution in [0.3, 0.4) is 0 Å². The van der Waals surface area contributed by atoms with Crippen molar-refractivity contribution >= 4 is 27.3 Å². The van der Waals surface area contributed by atoms with Crippen LogP contribution in [0, 0.1) is 10.1 Å². The van der Waals surface area contributed by atoms with E-state index in [0.717, 1.165) is 17.6 Å². The second-order valence-electron chi connectivity index (χ2n) is 3.42. The smallest absolute Gasteiger partial charge is 0.292 e. The van der Waals surface area contributed by atoms with Crippen LogP contribution in [0.25, 0.3) is 0 Å². The van der Waals surface area contributed by atoms with Crippen molar-refractivity contribution in [1.29, 1.82) is 0 Å². The molecule has 6 heteroatoms. The molecule has 1 aliphatic heterocycles. The molecule has 0 saturated carbocycles. The zero-order chi connectivity index (χ0) is 10.8. The molecule has 1 aromatic rings. The molecule has 0 amide bonds. The molecule has 15 heavy (non-hydrogen) atoms. The summed E-state index contributed by atoms with van der Waals surface area (Å²) in [5.41, 5.74) is 0.686. The van der Waals surface area contributed by atoms with Crippen LogP contribution in [0.2, 0.25) is 0 Å². The van der Waals surface area contributed by atoms with Crippen LogP contribution in [-0.4, -0.2) is 24.1 Å². The normalized spacial score (nSPS) is 15.8. The highest BCUT2D eigenvalue weighted by molar-refractivity contribution is 9.10. The quantitative estimate of drug-likeness (QED) is 0.649. The Kier molecular flexibility index (Phi) is 2.88. The fourth-order valence-corrected chi connectivity index (χ4v) is 1.75. The number of nitro groups is 1. The lowest BCUT2D eigenvalue weighted by molar-refractivity contribution is -0.384. The van der Waals surface area contributed by atoms with E-state index in [-0.39, 0.29) is 16.7 Å². The number of nitro benzene ring substituents is 1. The van der Waals surface area contributed by atoms with Gasteiger partial charge in [0.25, 0.3) is 5.69 Å². The van der Waals surface area contributed by atoms with E-state index in [9.17, 15) is 10.1 Å². The molecule has 1 aromatic carbocycles. The van der Waals surface area contributed by atoms with Gasteiger partial charge in [0, 0.05) is 23.6 Å². The molecule has 2 rings (SSSR count). The Morgan fingerprint density at radius 2 is 2.27 bits per heavy atom. The molecule has 0 bridgehead atoms. The third kappa shape index (κ3) is 2.27. The summed E-state index contributed by atoms with van der Waals surface area (Å²) >= 11 is 3.30. The van der Waals surface area contributed by atoms with E-state index in [0.29, 0.717) is 5.69 Å². The summed E-state index contributed by atoms with van der Waals surface area (Å²) in [6, 6.07) is 5.19. The van der Waals surface area contributed by atoms with E-state index in [1.807, 2.05) is 0 Å². The van der Waals surface area contributed by atoms with Gasteiger partial charge in [-0.25, -0.2) is 0 Å². The first-order valence-corrected chi connectivity index (χ1v) is 5.37. The van der Waals surface area contributed by atoms with Crippen molar-refractivity contribution in [2.45, 2.75) is 6.04 Å². The molecule has 5 nitrogen and oxygen atoms in total. The minimum absolute atomic E-state index is 0.116. The predicted octanol–water partition coefficient (Wildman–Crippen LogP) is 1.74. The first-order valence-electron chi connectivity index (χ1n) is 4.58. The molecule has 1 heterocycles. The number of rotatable bonds is 3. The molecule has 2 N–H and O–H groups in total. The monoisotopic (exact) mass is 271 g/mol. The van der Waals surface area contributed by atoms with Gasteiger partial charge in [0.2, 0.25) is 0 Å². The van der Waals surface area contributed by atoms with Crippen LogP contribution in [-0.2, 0) is 0 Å². The van der Waals surface area contributed by atoms with E-state index in [4.69, 9.17) is 0 Å². The molecule has 1 aliphatic rings. The average molecular weight is 272 g/mol. The standard InChI is InChI=1S/C9H10BrN3O2/c10-6-1-2-9(13(14)15)8(3-6)12-7-4-11-5-7/h1-3,7,11-12H,4-5H2. The molecule has 0 atom stereocenters. The van der Waals surface area contributed by atoms with Crippen molar-refractivity contribution in [3.8, 4) is 0 Å². The number of hydrogen-bond donors (Lipinski definition) is 2. The van der Waals surface area contributed by atoms with Crippen LogP contribution in [0.1, 0.15) is 0 Å². The number of anilines is 1. The van der Waals surface area contributed by atoms with Crippen molar-refractivity contribution < 1.29 is 4.92 Å². The lowest BCUT2D eigenvalue weighted by atomic mass is 10.1. The summed E-state index contributed by atoms with van der Waals surface area (Å²) in [5.74, 6) is 0. The second-order valence-corrected chi connectivity index (χ2v) is 4.33. The van der Waals surface area contributed by atoms with Crippen LogP contribution < -0.4 is 10.6 Å². The molecule has 0 aliphatic carbocycles. The zero-order valence-corrected chi connectivity index (χ0v) is 9.45. The molecule has 1 fully saturated rings. The number of nitrogens with one attached hydrogen (secondary N) is 2. The van der Waals surface area contributed by atoms with Crippen LogP contribution in [0.15, 0.2) is 22.7 Å². The van der Waals surface area contributed by atoms with Gasteiger partial charge in [0.15, 0.2) is 0 Å². The SMILES string of the molecule is O=[N+]([O-])c1ccc(Br)cc1NC1CNC1. The summed E-state index contributed by atoms with van der Waals surface area (Å²) in [6.07, 6.45) is 0. The maximum absolute atomic E-state index is 10.8. The van der Waals surface area contributed by atoms with E-state index in [1.54, 1.807) is 12.1 Å². The molecule has 0 spiro atoms. The van der Waals surface area contributed by atoms with Gasteiger partial charge in [-0.15, -0.1) is 0 Å². The van der Waals surface area contributed by atoms with Crippen molar-refractivity contribution in [2.24, 2.45) is 0 Å². The molecule has 0 radical (unpaired) electrons. The highest BCUT2D eigenvalue weighted by Crippen LogP contribution is 2.28. The summed E-state index contributed by atoms with van der Waals surface area (Å²) in [7, 11) is 0. The third-order valence-corrected chi connectivity index (χ3v) is 2.79. The van der Waals surface area contributed by atoms with E-state index >= 15 is 0 Å². The highest BCUT2D eigenvalue weighted by atomic mass is 79.9. The van der Waals surface area contributed by atoms with Crippen molar-refractivity contribution in [3.63, 3.8) is 0 Å². The minimum atomic E-state index is -0.374. The van der Waals surface area contributed by atoms with Crippen LogP contribution in [0.4, 0.5) is 11.4 Å². The Hall–Kier alpha value is -1.14. The molecule has 0 aromatic heterocycles. The summed E-state index contributed by atoms with van der Waals surface area (Å²) < 4.78 is 0.836. The fraction of sp³-hybridized carbons (Fsp3) is 0.333. The molecular formula is C9H10BrN3O2. The number of benzene rings is 1. The average Bonchev–Trinajstić information content (AvgIpc) is 2.11. The first-order chi connectivity index (χ1) is 7.16. The lowest BCUT2D eigenvalue weighted by Crippen LogP contribution is -2.51. The summed E-state index contributed by atoms with van der Waals surface area (Å²) in [6.45, 7) is 1.70. The Balaban J connectivity index is 2.24. The van der Waals surface area contributed by atoms with E-state index in [2.05, 4.69) is 26.6 Å². The van der Waals surface area contributed by atoms with Gasteiger partial charge in [0.05, 0.1) is 11.0 Å². The second kappa shape index (κ2) is 4.16. The topological polar surface area (TPSA) is 67.2 Å². The Morgan fingerprint density at radius 1 is 1.53 bits per heavy atom. The number of halogens is 1. The van der Waals surface area contributed by atoms with Gasteiger partial charge >= 0.3 is 0 Å². The van der Waals surface area contributed by atoms with Gasteiger partial charge in [-0.2, -0.15) is 0 Å². The van der Waals surface area contributed by atoms with Crippen molar-refractivity contribution in [1.82, 2.24) is 5.32 Å². The van der Waals surface area contributed by atoms with E-state index < -0.39 is 0 Å². The Morgan fingerprint density at radius 3 is 2.80 bits per heavy atom. The predicted molar refractivity (Wildman–Crippen MR) is 61.1 cm³/mol. The molecular weight excluding hydrogens is 262 g/mol. The molecule has 80 valence electrons. The number of hydrogen-bond acceptors (Lipinski definition) is 4. The van der Waals surface area contributed by atoms with Gasteiger partial charge < -0.3 is 10.6 Å². The van der Waals surface area contributed by atoms with Gasteiger partial charge in [0.1, 0.15) is 5.69 Å². The molecule has 0 unspecified atom stereocenters. The first kappa shape index (κ1) is 10.4. The van der Waals surface area contributed by atoms with Crippen molar-refractivity contribution in [3.05, 3.63) is 32.8 Å². The van der Waals surface area contributed by atoms with Gasteiger partial charge in [-0.3, -0.25) is 10.1 Å². The van der Waals surface area contributed by atoms with Gasteiger partial charge in [-0.05, 0) is 12.1 Å². The van der Waals surface area contributed by atoms with E-state index in [1.165, 1.54) is 6.07 Å².